The molecule has 0 saturated heterocycles. The highest BCUT2D eigenvalue weighted by Gasteiger charge is 2.54. The molecule has 1 heterocycles. The SMILES string of the molecule is COc1cccc([C@@H]2Nc3ccc(C(=O)O)cc3[C@@H]3[C@H]4CC[C@@H](C4)[C@@H]32)c1OC. The first-order valence-corrected chi connectivity index (χ1v) is 9.97. The summed E-state index contributed by atoms with van der Waals surface area (Å²) in [6, 6.07) is 11.7. The van der Waals surface area contributed by atoms with Crippen LogP contribution in [0.15, 0.2) is 36.4 Å². The highest BCUT2D eigenvalue weighted by Crippen LogP contribution is 2.64. The third-order valence-corrected chi connectivity index (χ3v) is 7.10. The van der Waals surface area contributed by atoms with E-state index in [1.165, 1.54) is 24.8 Å². The quantitative estimate of drug-likeness (QED) is 0.806. The summed E-state index contributed by atoms with van der Waals surface area (Å²) in [6.45, 7) is 0. The number of hydrogen-bond acceptors (Lipinski definition) is 4. The zero-order valence-corrected chi connectivity index (χ0v) is 16.1. The second kappa shape index (κ2) is 6.43. The van der Waals surface area contributed by atoms with Gasteiger partial charge in [0.05, 0.1) is 25.8 Å². The maximum atomic E-state index is 11.5. The molecule has 2 aromatic rings. The first-order valence-electron chi connectivity index (χ1n) is 9.97. The lowest BCUT2D eigenvalue weighted by Gasteiger charge is -2.44. The van der Waals surface area contributed by atoms with Crippen LogP contribution in [0.25, 0.3) is 0 Å². The predicted octanol–water partition coefficient (Wildman–Crippen LogP) is 4.70. The minimum atomic E-state index is -0.862. The lowest BCUT2D eigenvalue weighted by atomic mass is 9.67. The second-order valence-electron chi connectivity index (χ2n) is 8.25. The largest absolute Gasteiger partial charge is 0.493 e. The maximum Gasteiger partial charge on any atom is 0.335 e. The van der Waals surface area contributed by atoms with Gasteiger partial charge in [-0.2, -0.15) is 0 Å². The summed E-state index contributed by atoms with van der Waals surface area (Å²) in [5.74, 6) is 2.80. The van der Waals surface area contributed by atoms with Gasteiger partial charge in [0.1, 0.15) is 0 Å². The van der Waals surface area contributed by atoms with Gasteiger partial charge in [-0.05, 0) is 72.8 Å². The van der Waals surface area contributed by atoms with Gasteiger partial charge in [0.2, 0.25) is 0 Å². The summed E-state index contributed by atoms with van der Waals surface area (Å²) >= 11 is 0. The van der Waals surface area contributed by atoms with Crippen LogP contribution in [0.1, 0.15) is 52.7 Å². The van der Waals surface area contributed by atoms with Crippen LogP contribution in [-0.2, 0) is 0 Å². The Balaban J connectivity index is 1.65. The number of carboxylic acids is 1. The molecule has 5 atom stereocenters. The van der Waals surface area contributed by atoms with E-state index in [2.05, 4.69) is 11.4 Å². The molecule has 5 heteroatoms. The van der Waals surface area contributed by atoms with Crippen molar-refractivity contribution < 1.29 is 19.4 Å². The molecule has 2 aromatic carbocycles. The van der Waals surface area contributed by atoms with Crippen LogP contribution < -0.4 is 14.8 Å². The fourth-order valence-corrected chi connectivity index (χ4v) is 6.09. The molecule has 2 bridgehead atoms. The lowest BCUT2D eigenvalue weighted by molar-refractivity contribution is 0.0696. The number of methoxy groups -OCH3 is 2. The van der Waals surface area contributed by atoms with E-state index in [0.717, 1.165) is 22.7 Å². The van der Waals surface area contributed by atoms with Crippen molar-refractivity contribution >= 4 is 11.7 Å². The monoisotopic (exact) mass is 379 g/mol. The summed E-state index contributed by atoms with van der Waals surface area (Å²) in [4.78, 5) is 11.5. The average Bonchev–Trinajstić information content (AvgIpc) is 3.34. The summed E-state index contributed by atoms with van der Waals surface area (Å²) in [6.07, 6.45) is 3.73. The molecule has 1 aliphatic heterocycles. The highest BCUT2D eigenvalue weighted by molar-refractivity contribution is 5.89. The van der Waals surface area contributed by atoms with E-state index in [1.807, 2.05) is 24.3 Å². The molecule has 2 N–H and O–H groups in total. The van der Waals surface area contributed by atoms with E-state index in [9.17, 15) is 9.90 Å². The summed E-state index contributed by atoms with van der Waals surface area (Å²) in [5.41, 5.74) is 3.72. The number of ether oxygens (including phenoxy) is 2. The van der Waals surface area contributed by atoms with Crippen LogP contribution in [0.3, 0.4) is 0 Å². The number of carbonyl (C=O) groups is 1. The van der Waals surface area contributed by atoms with Crippen molar-refractivity contribution in [2.75, 3.05) is 19.5 Å². The Morgan fingerprint density at radius 2 is 1.89 bits per heavy atom. The van der Waals surface area contributed by atoms with Gasteiger partial charge >= 0.3 is 5.97 Å². The molecule has 28 heavy (non-hydrogen) atoms. The van der Waals surface area contributed by atoms with E-state index >= 15 is 0 Å². The molecule has 0 unspecified atom stereocenters. The van der Waals surface area contributed by atoms with Gasteiger partial charge in [-0.25, -0.2) is 4.79 Å². The zero-order valence-electron chi connectivity index (χ0n) is 16.1. The number of carboxylic acid groups (broad SMARTS) is 1. The van der Waals surface area contributed by atoms with Gasteiger partial charge in [-0.1, -0.05) is 12.1 Å². The molecule has 5 nitrogen and oxygen atoms in total. The average molecular weight is 379 g/mol. The summed E-state index contributed by atoms with van der Waals surface area (Å²) in [7, 11) is 3.36. The number of fused-ring (bicyclic) bond motifs is 7. The molecule has 2 fully saturated rings. The normalized spacial score (nSPS) is 29.6. The summed E-state index contributed by atoms with van der Waals surface area (Å²) < 4.78 is 11.3. The standard InChI is InChI=1S/C23H25NO4/c1-27-18-5-3-4-15(22(18)28-2)21-20-13-7-6-12(10-13)19(20)16-11-14(23(25)26)8-9-17(16)24-21/h3-5,8-9,11-13,19-21,24H,6-7,10H2,1-2H3,(H,25,26)/t12-,13-,19-,20-,21-/m0/s1. The minimum Gasteiger partial charge on any atom is -0.493 e. The van der Waals surface area contributed by atoms with Crippen molar-refractivity contribution in [2.24, 2.45) is 17.8 Å². The fraction of sp³-hybridized carbons (Fsp3) is 0.435. The molecule has 0 aromatic heterocycles. The molecule has 0 amide bonds. The molecular weight excluding hydrogens is 354 g/mol. The van der Waals surface area contributed by atoms with Gasteiger partial charge in [-0.15, -0.1) is 0 Å². The maximum absolute atomic E-state index is 11.5. The van der Waals surface area contributed by atoms with Crippen LogP contribution in [0.5, 0.6) is 11.5 Å². The Morgan fingerprint density at radius 3 is 2.64 bits per heavy atom. The van der Waals surface area contributed by atoms with Gasteiger partial charge in [0, 0.05) is 11.3 Å². The van der Waals surface area contributed by atoms with Crippen molar-refractivity contribution in [3.8, 4) is 11.5 Å². The number of benzene rings is 2. The van der Waals surface area contributed by atoms with Crippen molar-refractivity contribution in [2.45, 2.75) is 31.2 Å². The lowest BCUT2D eigenvalue weighted by Crippen LogP contribution is -2.35. The van der Waals surface area contributed by atoms with Crippen molar-refractivity contribution in [1.82, 2.24) is 0 Å². The first kappa shape index (κ1) is 17.4. The van der Waals surface area contributed by atoms with E-state index in [1.54, 1.807) is 20.3 Å². The highest BCUT2D eigenvalue weighted by atomic mass is 16.5. The zero-order chi connectivity index (χ0) is 19.4. The Morgan fingerprint density at radius 1 is 1.07 bits per heavy atom. The number of rotatable bonds is 4. The Bertz CT molecular complexity index is 940. The van der Waals surface area contributed by atoms with Gasteiger partial charge in [-0.3, -0.25) is 0 Å². The Labute approximate surface area is 164 Å². The van der Waals surface area contributed by atoms with E-state index in [-0.39, 0.29) is 6.04 Å². The fourth-order valence-electron chi connectivity index (χ4n) is 6.09. The van der Waals surface area contributed by atoms with Crippen LogP contribution in [-0.4, -0.2) is 25.3 Å². The first-order chi connectivity index (χ1) is 13.6. The molecule has 146 valence electrons. The molecule has 5 rings (SSSR count). The molecule has 3 aliphatic rings. The topological polar surface area (TPSA) is 67.8 Å². The molecular formula is C23H25NO4. The molecule has 2 saturated carbocycles. The number of para-hydroxylation sites is 1. The van der Waals surface area contributed by atoms with E-state index in [0.29, 0.717) is 29.2 Å². The van der Waals surface area contributed by atoms with E-state index in [4.69, 9.17) is 9.47 Å². The van der Waals surface area contributed by atoms with Crippen LogP contribution in [0.2, 0.25) is 0 Å². The Hall–Kier alpha value is -2.69. The van der Waals surface area contributed by atoms with Crippen LogP contribution in [0.4, 0.5) is 5.69 Å². The van der Waals surface area contributed by atoms with Crippen molar-refractivity contribution in [3.05, 3.63) is 53.1 Å². The van der Waals surface area contributed by atoms with Crippen molar-refractivity contribution in [1.29, 1.82) is 0 Å². The van der Waals surface area contributed by atoms with Crippen LogP contribution >= 0.6 is 0 Å². The smallest absolute Gasteiger partial charge is 0.335 e. The molecule has 0 radical (unpaired) electrons. The van der Waals surface area contributed by atoms with Gasteiger partial charge in [0.15, 0.2) is 11.5 Å². The van der Waals surface area contributed by atoms with Crippen LogP contribution in [0, 0.1) is 17.8 Å². The Kier molecular flexibility index (Phi) is 4.00. The van der Waals surface area contributed by atoms with E-state index < -0.39 is 5.97 Å². The van der Waals surface area contributed by atoms with Gasteiger partial charge < -0.3 is 19.9 Å². The minimum absolute atomic E-state index is 0.133. The third-order valence-electron chi connectivity index (χ3n) is 7.10. The van der Waals surface area contributed by atoms with Crippen molar-refractivity contribution in [3.63, 3.8) is 0 Å². The van der Waals surface area contributed by atoms with Gasteiger partial charge in [0.25, 0.3) is 0 Å². The third kappa shape index (κ3) is 2.42. The summed E-state index contributed by atoms with van der Waals surface area (Å²) in [5, 5.41) is 13.2. The number of anilines is 1. The predicted molar refractivity (Wildman–Crippen MR) is 106 cm³/mol. The number of hydrogen-bond donors (Lipinski definition) is 2. The second-order valence-corrected chi connectivity index (χ2v) is 8.25. The number of nitrogens with one attached hydrogen (secondary N) is 1. The molecule has 0 spiro atoms. The molecule has 2 aliphatic carbocycles. The number of aromatic carboxylic acids is 1.